The minimum Gasteiger partial charge on any atom is -0.325 e. The summed E-state index contributed by atoms with van der Waals surface area (Å²) < 4.78 is 2.11. The summed E-state index contributed by atoms with van der Waals surface area (Å²) in [5, 5.41) is 22.6. The van der Waals surface area contributed by atoms with Crippen molar-refractivity contribution in [2.45, 2.75) is 43.8 Å². The summed E-state index contributed by atoms with van der Waals surface area (Å²) in [5.74, 6) is 1.57. The van der Waals surface area contributed by atoms with E-state index in [1.54, 1.807) is 0 Å². The van der Waals surface area contributed by atoms with E-state index in [1.807, 2.05) is 0 Å². The third-order valence-corrected chi connectivity index (χ3v) is 4.80. The molecule has 1 heterocycles. The molecule has 8 nitrogen and oxygen atoms in total. The van der Waals surface area contributed by atoms with Crippen molar-refractivity contribution in [3.63, 3.8) is 0 Å². The average molecular weight is 361 g/mol. The van der Waals surface area contributed by atoms with Gasteiger partial charge in [-0.15, -0.1) is 10.2 Å². The van der Waals surface area contributed by atoms with Crippen LogP contribution in [-0.2, 0) is 11.3 Å². The molecular formula is C16H19N5O3S. The van der Waals surface area contributed by atoms with Crippen LogP contribution in [0.4, 0.5) is 11.4 Å². The number of hydrogen-bond acceptors (Lipinski definition) is 6. The van der Waals surface area contributed by atoms with Crippen molar-refractivity contribution >= 4 is 29.0 Å². The summed E-state index contributed by atoms with van der Waals surface area (Å²) in [5.41, 5.74) is 0.526. The first-order valence-corrected chi connectivity index (χ1v) is 9.17. The van der Waals surface area contributed by atoms with Crippen LogP contribution in [0.25, 0.3) is 0 Å². The van der Waals surface area contributed by atoms with Gasteiger partial charge in [-0.2, -0.15) is 0 Å². The Hall–Kier alpha value is -2.42. The molecule has 1 fully saturated rings. The lowest BCUT2D eigenvalue weighted by Gasteiger charge is -2.08. The Labute approximate surface area is 149 Å². The second-order valence-corrected chi connectivity index (χ2v) is 6.85. The highest BCUT2D eigenvalue weighted by atomic mass is 32.2. The number of benzene rings is 1. The highest BCUT2D eigenvalue weighted by Crippen LogP contribution is 2.40. The van der Waals surface area contributed by atoms with Crippen molar-refractivity contribution in [1.29, 1.82) is 0 Å². The largest absolute Gasteiger partial charge is 0.325 e. The number of nitro benzene ring substituents is 1. The number of carbonyl (C=O) groups excluding carboxylic acids is 1. The van der Waals surface area contributed by atoms with Gasteiger partial charge in [0, 0.05) is 30.3 Å². The van der Waals surface area contributed by atoms with Crippen LogP contribution in [0, 0.1) is 10.1 Å². The lowest BCUT2D eigenvalue weighted by atomic mass is 10.3. The first-order chi connectivity index (χ1) is 12.1. The van der Waals surface area contributed by atoms with Gasteiger partial charge in [0.25, 0.3) is 5.69 Å². The third-order valence-electron chi connectivity index (χ3n) is 3.83. The maximum atomic E-state index is 12.1. The van der Waals surface area contributed by atoms with E-state index < -0.39 is 4.92 Å². The normalized spacial score (nSPS) is 13.6. The van der Waals surface area contributed by atoms with E-state index in [9.17, 15) is 14.9 Å². The fourth-order valence-electron chi connectivity index (χ4n) is 2.48. The molecule has 0 bridgehead atoms. The summed E-state index contributed by atoms with van der Waals surface area (Å²) in [6.07, 6.45) is 3.31. The number of nitro groups is 1. The number of rotatable bonds is 8. The van der Waals surface area contributed by atoms with Crippen LogP contribution in [0.2, 0.25) is 0 Å². The molecule has 1 aliphatic rings. The molecule has 1 aromatic heterocycles. The van der Waals surface area contributed by atoms with Gasteiger partial charge in [0.05, 0.1) is 10.7 Å². The summed E-state index contributed by atoms with van der Waals surface area (Å²) in [4.78, 5) is 22.3. The SMILES string of the molecule is CCCn1c(SCC(=O)Nc2ccc([N+](=O)[O-])cc2)nnc1C1CC1. The second-order valence-electron chi connectivity index (χ2n) is 5.91. The van der Waals surface area contributed by atoms with E-state index in [2.05, 4.69) is 27.0 Å². The van der Waals surface area contributed by atoms with Gasteiger partial charge in [-0.25, -0.2) is 0 Å². The number of amides is 1. The standard InChI is InChI=1S/C16H19N5O3S/c1-2-9-20-15(11-3-4-11)18-19-16(20)25-10-14(22)17-12-5-7-13(8-6-12)21(23)24/h5-8,11H,2-4,9-10H2,1H3,(H,17,22). The Morgan fingerprint density at radius 3 is 2.68 bits per heavy atom. The number of hydrogen-bond donors (Lipinski definition) is 1. The Kier molecular flexibility index (Phi) is 5.32. The molecule has 0 saturated heterocycles. The Morgan fingerprint density at radius 2 is 2.08 bits per heavy atom. The van der Waals surface area contributed by atoms with E-state index in [1.165, 1.54) is 36.0 Å². The smallest absolute Gasteiger partial charge is 0.269 e. The molecule has 1 amide bonds. The number of thioether (sulfide) groups is 1. The van der Waals surface area contributed by atoms with Crippen LogP contribution in [0.3, 0.4) is 0 Å². The van der Waals surface area contributed by atoms with Crippen molar-refractivity contribution in [3.8, 4) is 0 Å². The van der Waals surface area contributed by atoms with Gasteiger partial charge >= 0.3 is 0 Å². The van der Waals surface area contributed by atoms with E-state index >= 15 is 0 Å². The molecular weight excluding hydrogens is 342 g/mol. The average Bonchev–Trinajstić information content (AvgIpc) is 3.36. The summed E-state index contributed by atoms with van der Waals surface area (Å²) in [6, 6.07) is 5.77. The van der Waals surface area contributed by atoms with E-state index in [0.29, 0.717) is 11.6 Å². The van der Waals surface area contributed by atoms with Gasteiger partial charge < -0.3 is 9.88 Å². The van der Waals surface area contributed by atoms with Crippen LogP contribution in [-0.4, -0.2) is 31.3 Å². The fraction of sp³-hybridized carbons (Fsp3) is 0.438. The first kappa shape index (κ1) is 17.4. The lowest BCUT2D eigenvalue weighted by molar-refractivity contribution is -0.384. The van der Waals surface area contributed by atoms with E-state index in [0.717, 1.165) is 36.8 Å². The zero-order chi connectivity index (χ0) is 17.8. The van der Waals surface area contributed by atoms with Crippen molar-refractivity contribution in [3.05, 3.63) is 40.2 Å². The molecule has 3 rings (SSSR count). The van der Waals surface area contributed by atoms with Crippen LogP contribution in [0.5, 0.6) is 0 Å². The Balaban J connectivity index is 1.57. The number of nitrogens with zero attached hydrogens (tertiary/aromatic N) is 4. The molecule has 132 valence electrons. The topological polar surface area (TPSA) is 103 Å². The summed E-state index contributed by atoms with van der Waals surface area (Å²) in [6.45, 7) is 2.96. The predicted octanol–water partition coefficient (Wildman–Crippen LogP) is 3.20. The molecule has 0 atom stereocenters. The second kappa shape index (κ2) is 7.64. The monoisotopic (exact) mass is 361 g/mol. The predicted molar refractivity (Wildman–Crippen MR) is 94.7 cm³/mol. The van der Waals surface area contributed by atoms with Crippen LogP contribution in [0.1, 0.15) is 37.9 Å². The highest BCUT2D eigenvalue weighted by Gasteiger charge is 2.30. The van der Waals surface area contributed by atoms with Gasteiger partial charge in [-0.3, -0.25) is 14.9 Å². The fourth-order valence-corrected chi connectivity index (χ4v) is 3.25. The first-order valence-electron chi connectivity index (χ1n) is 8.18. The molecule has 1 aromatic carbocycles. The molecule has 2 aromatic rings. The van der Waals surface area contributed by atoms with E-state index in [-0.39, 0.29) is 17.3 Å². The molecule has 1 N–H and O–H groups in total. The van der Waals surface area contributed by atoms with E-state index in [4.69, 9.17) is 0 Å². The van der Waals surface area contributed by atoms with Crippen molar-refractivity contribution in [1.82, 2.24) is 14.8 Å². The highest BCUT2D eigenvalue weighted by molar-refractivity contribution is 7.99. The molecule has 0 spiro atoms. The number of aromatic nitrogens is 3. The number of nitrogens with one attached hydrogen (secondary N) is 1. The number of carbonyl (C=O) groups is 1. The summed E-state index contributed by atoms with van der Waals surface area (Å²) in [7, 11) is 0. The van der Waals surface area contributed by atoms with Gasteiger partial charge in [-0.05, 0) is 31.4 Å². The molecule has 9 heteroatoms. The molecule has 0 radical (unpaired) electrons. The van der Waals surface area contributed by atoms with Gasteiger partial charge in [0.2, 0.25) is 5.91 Å². The van der Waals surface area contributed by atoms with Crippen molar-refractivity contribution in [2.24, 2.45) is 0 Å². The van der Waals surface area contributed by atoms with Crippen LogP contribution in [0.15, 0.2) is 29.4 Å². The molecule has 0 aliphatic heterocycles. The zero-order valence-corrected chi connectivity index (χ0v) is 14.7. The number of anilines is 1. The quantitative estimate of drug-likeness (QED) is 0.440. The van der Waals surface area contributed by atoms with Crippen molar-refractivity contribution in [2.75, 3.05) is 11.1 Å². The molecule has 0 unspecified atom stereocenters. The van der Waals surface area contributed by atoms with Crippen LogP contribution >= 0.6 is 11.8 Å². The Morgan fingerprint density at radius 1 is 1.36 bits per heavy atom. The van der Waals surface area contributed by atoms with Crippen LogP contribution < -0.4 is 5.32 Å². The Bertz CT molecular complexity index is 771. The van der Waals surface area contributed by atoms with Gasteiger partial charge in [0.15, 0.2) is 5.16 Å². The third kappa shape index (κ3) is 4.36. The van der Waals surface area contributed by atoms with Crippen molar-refractivity contribution < 1.29 is 9.72 Å². The zero-order valence-electron chi connectivity index (χ0n) is 13.8. The minimum absolute atomic E-state index is 0.00681. The maximum absolute atomic E-state index is 12.1. The van der Waals surface area contributed by atoms with Gasteiger partial charge in [-0.1, -0.05) is 18.7 Å². The van der Waals surface area contributed by atoms with Gasteiger partial charge in [0.1, 0.15) is 5.82 Å². The molecule has 1 aliphatic carbocycles. The minimum atomic E-state index is -0.473. The molecule has 1 saturated carbocycles. The lowest BCUT2D eigenvalue weighted by Crippen LogP contribution is -2.14. The number of non-ortho nitro benzene ring substituents is 1. The maximum Gasteiger partial charge on any atom is 0.269 e. The molecule has 25 heavy (non-hydrogen) atoms. The summed E-state index contributed by atoms with van der Waals surface area (Å²) >= 11 is 1.36.